The summed E-state index contributed by atoms with van der Waals surface area (Å²) in [7, 11) is -0.295. The number of piperidine rings is 1. The van der Waals surface area contributed by atoms with Gasteiger partial charge < -0.3 is 4.90 Å². The molecule has 6 heteroatoms. The van der Waals surface area contributed by atoms with Crippen molar-refractivity contribution in [2.45, 2.75) is 40.0 Å². The number of hydrogen-bond acceptors (Lipinski definition) is 3. The Hall–Kier alpha value is -0.620. The normalized spacial score (nSPS) is 21.3. The van der Waals surface area contributed by atoms with Crippen LogP contribution in [0.4, 0.5) is 0 Å². The number of rotatable bonds is 4. The highest BCUT2D eigenvalue weighted by Gasteiger charge is 2.31. The van der Waals surface area contributed by atoms with E-state index in [9.17, 15) is 13.2 Å². The predicted octanol–water partition coefficient (Wildman–Crippen LogP) is 1.55. The quantitative estimate of drug-likeness (QED) is 0.792. The summed E-state index contributed by atoms with van der Waals surface area (Å²) in [5.41, 5.74) is 0.189. The van der Waals surface area contributed by atoms with Crippen LogP contribution in [0.5, 0.6) is 0 Å². The largest absolute Gasteiger partial charge is 0.342 e. The number of carbonyl (C=O) groups is 1. The highest BCUT2D eigenvalue weighted by Crippen LogP contribution is 2.33. The Morgan fingerprint density at radius 1 is 1.30 bits per heavy atom. The highest BCUT2D eigenvalue weighted by molar-refractivity contribution is 7.89. The molecule has 0 N–H and O–H groups in total. The molecule has 0 aliphatic carbocycles. The van der Waals surface area contributed by atoms with Crippen molar-refractivity contribution < 1.29 is 13.2 Å². The first kappa shape index (κ1) is 17.4. The van der Waals surface area contributed by atoms with E-state index in [-0.39, 0.29) is 23.5 Å². The van der Waals surface area contributed by atoms with E-state index in [2.05, 4.69) is 20.8 Å². The van der Waals surface area contributed by atoms with Gasteiger partial charge in [-0.3, -0.25) is 4.79 Å². The van der Waals surface area contributed by atoms with Gasteiger partial charge in [0.05, 0.1) is 5.75 Å². The third-order valence-electron chi connectivity index (χ3n) is 4.13. The van der Waals surface area contributed by atoms with Crippen molar-refractivity contribution in [3.8, 4) is 0 Å². The molecule has 118 valence electrons. The zero-order chi connectivity index (χ0) is 15.6. The fraction of sp³-hybridized carbons (Fsp3) is 0.929. The molecule has 1 atom stereocenters. The molecule has 1 rings (SSSR count). The molecule has 0 bridgehead atoms. The molecule has 5 nitrogen and oxygen atoms in total. The van der Waals surface area contributed by atoms with E-state index < -0.39 is 10.0 Å². The van der Waals surface area contributed by atoms with Crippen molar-refractivity contribution in [3.05, 3.63) is 0 Å². The zero-order valence-electron chi connectivity index (χ0n) is 13.3. The molecule has 1 aliphatic rings. The van der Waals surface area contributed by atoms with Crippen molar-refractivity contribution in [2.24, 2.45) is 11.3 Å². The SMILES string of the molecule is CN(C)S(=O)(=O)CCC(=O)N1CCC[C@H](C(C)(C)C)C1. The summed E-state index contributed by atoms with van der Waals surface area (Å²) in [5.74, 6) is 0.352. The first-order valence-corrected chi connectivity index (χ1v) is 8.83. The topological polar surface area (TPSA) is 57.7 Å². The number of likely N-dealkylation sites (tertiary alicyclic amines) is 1. The molecule has 0 aromatic carbocycles. The van der Waals surface area contributed by atoms with Crippen LogP contribution in [0.2, 0.25) is 0 Å². The van der Waals surface area contributed by atoms with E-state index in [1.54, 1.807) is 0 Å². The fourth-order valence-electron chi connectivity index (χ4n) is 2.47. The maximum Gasteiger partial charge on any atom is 0.223 e. The summed E-state index contributed by atoms with van der Waals surface area (Å²) in [4.78, 5) is 14.0. The van der Waals surface area contributed by atoms with E-state index in [1.165, 1.54) is 18.4 Å². The van der Waals surface area contributed by atoms with Crippen molar-refractivity contribution >= 4 is 15.9 Å². The average Bonchev–Trinajstić information content (AvgIpc) is 2.35. The maximum atomic E-state index is 12.2. The average molecular weight is 304 g/mol. The zero-order valence-corrected chi connectivity index (χ0v) is 14.2. The van der Waals surface area contributed by atoms with Gasteiger partial charge in [-0.1, -0.05) is 20.8 Å². The standard InChI is InChI=1S/C14H28N2O3S/c1-14(2,3)12-7-6-9-16(11-12)13(17)8-10-20(18,19)15(4)5/h12H,6-11H2,1-5H3/t12-/m0/s1. The van der Waals surface area contributed by atoms with E-state index in [0.717, 1.165) is 25.9 Å². The molecule has 1 fully saturated rings. The van der Waals surface area contributed by atoms with Gasteiger partial charge in [0.25, 0.3) is 0 Å². The molecule has 20 heavy (non-hydrogen) atoms. The second-order valence-electron chi connectivity index (χ2n) is 6.89. The lowest BCUT2D eigenvalue weighted by Gasteiger charge is -2.39. The third kappa shape index (κ3) is 4.74. The van der Waals surface area contributed by atoms with E-state index in [4.69, 9.17) is 0 Å². The van der Waals surface area contributed by atoms with E-state index in [1.807, 2.05) is 4.90 Å². The lowest BCUT2D eigenvalue weighted by molar-refractivity contribution is -0.133. The number of amides is 1. The number of nitrogens with zero attached hydrogens (tertiary/aromatic N) is 2. The lowest BCUT2D eigenvalue weighted by atomic mass is 9.76. The summed E-state index contributed by atoms with van der Waals surface area (Å²) < 4.78 is 24.6. The fourth-order valence-corrected chi connectivity index (χ4v) is 3.27. The van der Waals surface area contributed by atoms with Gasteiger partial charge in [0.1, 0.15) is 0 Å². The lowest BCUT2D eigenvalue weighted by Crippen LogP contribution is -2.44. The smallest absolute Gasteiger partial charge is 0.223 e. The minimum atomic E-state index is -3.29. The van der Waals surface area contributed by atoms with Gasteiger partial charge in [0.2, 0.25) is 15.9 Å². The Morgan fingerprint density at radius 2 is 1.90 bits per heavy atom. The second-order valence-corrected chi connectivity index (χ2v) is 9.20. The monoisotopic (exact) mass is 304 g/mol. The van der Waals surface area contributed by atoms with Gasteiger partial charge in [0, 0.05) is 33.6 Å². The molecule has 0 aromatic heterocycles. The number of hydrogen-bond donors (Lipinski definition) is 0. The van der Waals surface area contributed by atoms with Gasteiger partial charge in [-0.2, -0.15) is 0 Å². The van der Waals surface area contributed by atoms with Crippen LogP contribution >= 0.6 is 0 Å². The van der Waals surface area contributed by atoms with Crippen LogP contribution in [0.15, 0.2) is 0 Å². The first-order chi connectivity index (χ1) is 9.04. The molecule has 0 saturated carbocycles. The van der Waals surface area contributed by atoms with Crippen LogP contribution in [-0.2, 0) is 14.8 Å². The van der Waals surface area contributed by atoms with Crippen LogP contribution in [0.3, 0.4) is 0 Å². The number of sulfonamides is 1. The summed E-state index contributed by atoms with van der Waals surface area (Å²) in [6.07, 6.45) is 2.23. The van der Waals surface area contributed by atoms with Gasteiger partial charge in [-0.15, -0.1) is 0 Å². The Bertz CT molecular complexity index is 438. The van der Waals surface area contributed by atoms with Crippen LogP contribution in [0, 0.1) is 11.3 Å². The first-order valence-electron chi connectivity index (χ1n) is 7.22. The van der Waals surface area contributed by atoms with Crippen molar-refractivity contribution in [2.75, 3.05) is 32.9 Å². The van der Waals surface area contributed by atoms with E-state index in [0.29, 0.717) is 5.92 Å². The van der Waals surface area contributed by atoms with Crippen LogP contribution in [0.1, 0.15) is 40.0 Å². The van der Waals surface area contributed by atoms with Crippen LogP contribution in [-0.4, -0.2) is 56.5 Å². The van der Waals surface area contributed by atoms with Crippen LogP contribution in [0.25, 0.3) is 0 Å². The second kappa shape index (κ2) is 6.43. The minimum Gasteiger partial charge on any atom is -0.342 e. The van der Waals surface area contributed by atoms with Gasteiger partial charge in [-0.25, -0.2) is 12.7 Å². The summed E-state index contributed by atoms with van der Waals surface area (Å²) in [5, 5.41) is 0. The molecule has 0 aromatic rings. The molecule has 1 amide bonds. The molecule has 0 unspecified atom stereocenters. The summed E-state index contributed by atoms with van der Waals surface area (Å²) in [6.45, 7) is 8.10. The summed E-state index contributed by atoms with van der Waals surface area (Å²) in [6, 6.07) is 0. The molecule has 1 saturated heterocycles. The van der Waals surface area contributed by atoms with Crippen molar-refractivity contribution in [1.82, 2.24) is 9.21 Å². The number of carbonyl (C=O) groups excluding carboxylic acids is 1. The van der Waals surface area contributed by atoms with Gasteiger partial charge in [-0.05, 0) is 24.2 Å². The van der Waals surface area contributed by atoms with Crippen molar-refractivity contribution in [3.63, 3.8) is 0 Å². The Kier molecular flexibility index (Phi) is 5.61. The highest BCUT2D eigenvalue weighted by atomic mass is 32.2. The Morgan fingerprint density at radius 3 is 2.40 bits per heavy atom. The maximum absolute atomic E-state index is 12.2. The van der Waals surface area contributed by atoms with Gasteiger partial charge >= 0.3 is 0 Å². The molecule has 1 heterocycles. The molecule has 0 radical (unpaired) electrons. The minimum absolute atomic E-state index is 0.0376. The Labute approximate surface area is 123 Å². The summed E-state index contributed by atoms with van der Waals surface area (Å²) >= 11 is 0. The Balaban J connectivity index is 2.56. The predicted molar refractivity (Wildman–Crippen MR) is 80.8 cm³/mol. The van der Waals surface area contributed by atoms with Gasteiger partial charge in [0.15, 0.2) is 0 Å². The van der Waals surface area contributed by atoms with E-state index >= 15 is 0 Å². The molecule has 1 aliphatic heterocycles. The van der Waals surface area contributed by atoms with Crippen LogP contribution < -0.4 is 0 Å². The molecule has 0 spiro atoms. The third-order valence-corrected chi connectivity index (χ3v) is 5.96. The van der Waals surface area contributed by atoms with Crippen molar-refractivity contribution in [1.29, 1.82) is 0 Å². The molecular weight excluding hydrogens is 276 g/mol. The molecular formula is C14H28N2O3S.